The lowest BCUT2D eigenvalue weighted by Crippen LogP contribution is -2.18. The van der Waals surface area contributed by atoms with E-state index in [-0.39, 0.29) is 6.29 Å². The lowest BCUT2D eigenvalue weighted by atomic mass is 10.2. The van der Waals surface area contributed by atoms with Gasteiger partial charge < -0.3 is 15.2 Å². The molecule has 0 saturated heterocycles. The summed E-state index contributed by atoms with van der Waals surface area (Å²) in [6.07, 6.45) is 2.87. The van der Waals surface area contributed by atoms with Crippen LogP contribution in [0.4, 0.5) is 0 Å². The fourth-order valence-corrected chi connectivity index (χ4v) is 1.74. The topological polar surface area (TPSA) is 44.5 Å². The molecule has 1 aromatic rings. The van der Waals surface area contributed by atoms with E-state index in [1.165, 1.54) is 0 Å². The molecule has 82 valence electrons. The predicted molar refractivity (Wildman–Crippen MR) is 59.1 cm³/mol. The van der Waals surface area contributed by atoms with Crippen molar-refractivity contribution in [1.82, 2.24) is 0 Å². The summed E-state index contributed by atoms with van der Waals surface area (Å²) in [5.41, 5.74) is 6.57. The molecule has 0 amide bonds. The van der Waals surface area contributed by atoms with Crippen molar-refractivity contribution < 1.29 is 9.47 Å². The summed E-state index contributed by atoms with van der Waals surface area (Å²) in [6.45, 7) is 2.77. The second-order valence-electron chi connectivity index (χ2n) is 3.85. The third-order valence-electron chi connectivity index (χ3n) is 2.58. The molecule has 1 aromatic carbocycles. The number of fused-ring (bicyclic) bond motifs is 1. The molecule has 0 aromatic heterocycles. The summed E-state index contributed by atoms with van der Waals surface area (Å²) in [4.78, 5) is 0. The first-order valence-electron chi connectivity index (χ1n) is 5.44. The molecule has 3 nitrogen and oxygen atoms in total. The minimum atomic E-state index is -0.118. The number of aryl methyl sites for hydroxylation is 1. The Morgan fingerprint density at radius 3 is 2.87 bits per heavy atom. The van der Waals surface area contributed by atoms with Crippen molar-refractivity contribution in [1.29, 1.82) is 0 Å². The van der Waals surface area contributed by atoms with Crippen LogP contribution in [0.2, 0.25) is 0 Å². The van der Waals surface area contributed by atoms with Crippen LogP contribution in [0.1, 0.15) is 24.8 Å². The van der Waals surface area contributed by atoms with Gasteiger partial charge in [-0.2, -0.15) is 0 Å². The average Bonchev–Trinajstić information content (AvgIpc) is 2.63. The van der Waals surface area contributed by atoms with Gasteiger partial charge in [0.25, 0.3) is 0 Å². The quantitative estimate of drug-likeness (QED) is 0.770. The number of hydrogen-bond donors (Lipinski definition) is 1. The van der Waals surface area contributed by atoms with Gasteiger partial charge in [0, 0.05) is 6.42 Å². The smallest absolute Gasteiger partial charge is 0.241 e. The zero-order valence-electron chi connectivity index (χ0n) is 9.03. The molecule has 15 heavy (non-hydrogen) atoms. The van der Waals surface area contributed by atoms with E-state index < -0.39 is 0 Å². The summed E-state index contributed by atoms with van der Waals surface area (Å²) < 4.78 is 11.4. The first kappa shape index (κ1) is 10.3. The molecule has 0 spiro atoms. The monoisotopic (exact) mass is 207 g/mol. The Morgan fingerprint density at radius 2 is 2.13 bits per heavy atom. The van der Waals surface area contributed by atoms with E-state index in [0.29, 0.717) is 0 Å². The summed E-state index contributed by atoms with van der Waals surface area (Å²) in [6, 6.07) is 5.97. The van der Waals surface area contributed by atoms with E-state index in [1.54, 1.807) is 0 Å². The van der Waals surface area contributed by atoms with E-state index in [0.717, 1.165) is 42.9 Å². The fraction of sp³-hybridized carbons (Fsp3) is 0.500. The van der Waals surface area contributed by atoms with Crippen molar-refractivity contribution >= 4 is 0 Å². The third kappa shape index (κ3) is 2.23. The highest BCUT2D eigenvalue weighted by Crippen LogP contribution is 2.38. The second kappa shape index (κ2) is 4.53. The van der Waals surface area contributed by atoms with Gasteiger partial charge in [-0.1, -0.05) is 12.1 Å². The lowest BCUT2D eigenvalue weighted by Gasteiger charge is -2.09. The summed E-state index contributed by atoms with van der Waals surface area (Å²) in [5.74, 6) is 1.77. The minimum Gasteiger partial charge on any atom is -0.451 e. The largest absolute Gasteiger partial charge is 0.451 e. The summed E-state index contributed by atoms with van der Waals surface area (Å²) >= 11 is 0. The van der Waals surface area contributed by atoms with E-state index in [1.807, 2.05) is 25.1 Å². The van der Waals surface area contributed by atoms with Crippen LogP contribution in [0.5, 0.6) is 11.5 Å². The molecule has 1 unspecified atom stereocenters. The first-order chi connectivity index (χ1) is 7.31. The van der Waals surface area contributed by atoms with Gasteiger partial charge in [0.05, 0.1) is 0 Å². The van der Waals surface area contributed by atoms with Crippen LogP contribution in [0.3, 0.4) is 0 Å². The number of hydrogen-bond acceptors (Lipinski definition) is 3. The van der Waals surface area contributed by atoms with Gasteiger partial charge in [0.2, 0.25) is 6.29 Å². The Balaban J connectivity index is 1.94. The molecule has 2 rings (SSSR count). The van der Waals surface area contributed by atoms with Crippen LogP contribution >= 0.6 is 0 Å². The number of benzene rings is 1. The maximum Gasteiger partial charge on any atom is 0.241 e. The zero-order valence-corrected chi connectivity index (χ0v) is 9.03. The zero-order chi connectivity index (χ0) is 10.7. The Morgan fingerprint density at radius 1 is 1.27 bits per heavy atom. The molecule has 2 N–H and O–H groups in total. The number of para-hydroxylation sites is 1. The average molecular weight is 207 g/mol. The van der Waals surface area contributed by atoms with Gasteiger partial charge in [-0.3, -0.25) is 0 Å². The third-order valence-corrected chi connectivity index (χ3v) is 2.58. The van der Waals surface area contributed by atoms with E-state index in [9.17, 15) is 0 Å². The van der Waals surface area contributed by atoms with E-state index >= 15 is 0 Å². The number of nitrogens with two attached hydrogens (primary N) is 1. The van der Waals surface area contributed by atoms with Crippen LogP contribution < -0.4 is 15.2 Å². The fourth-order valence-electron chi connectivity index (χ4n) is 1.74. The van der Waals surface area contributed by atoms with Crippen molar-refractivity contribution in [3.63, 3.8) is 0 Å². The van der Waals surface area contributed by atoms with Crippen LogP contribution in [-0.2, 0) is 0 Å². The molecular formula is C12H17NO2. The van der Waals surface area contributed by atoms with Gasteiger partial charge in [-0.15, -0.1) is 0 Å². The Labute approximate surface area is 90.2 Å². The molecule has 1 aliphatic heterocycles. The van der Waals surface area contributed by atoms with Crippen LogP contribution in [-0.4, -0.2) is 12.8 Å². The molecule has 0 aliphatic carbocycles. The molecule has 0 fully saturated rings. The van der Waals surface area contributed by atoms with E-state index in [2.05, 4.69) is 0 Å². The summed E-state index contributed by atoms with van der Waals surface area (Å²) in [7, 11) is 0. The van der Waals surface area contributed by atoms with Gasteiger partial charge >= 0.3 is 0 Å². The predicted octanol–water partition coefficient (Wildman–Crippen LogP) is 2.22. The van der Waals surface area contributed by atoms with Gasteiger partial charge in [-0.25, -0.2) is 0 Å². The lowest BCUT2D eigenvalue weighted by molar-refractivity contribution is 0.0395. The number of ether oxygens (including phenoxy) is 2. The second-order valence-corrected chi connectivity index (χ2v) is 3.85. The van der Waals surface area contributed by atoms with Crippen LogP contribution in [0, 0.1) is 6.92 Å². The molecule has 0 bridgehead atoms. The van der Waals surface area contributed by atoms with Crippen molar-refractivity contribution in [2.75, 3.05) is 6.54 Å². The molecule has 0 radical (unpaired) electrons. The maximum absolute atomic E-state index is 5.72. The van der Waals surface area contributed by atoms with Gasteiger partial charge in [0.1, 0.15) is 0 Å². The molecule has 3 heteroatoms. The van der Waals surface area contributed by atoms with Crippen LogP contribution in [0.15, 0.2) is 18.2 Å². The normalized spacial score (nSPS) is 18.1. The molecule has 1 heterocycles. The molecule has 1 atom stereocenters. The van der Waals surface area contributed by atoms with Gasteiger partial charge in [0.15, 0.2) is 11.5 Å². The standard InChI is InChI=1S/C12H17NO2/c1-9-5-4-6-10-12(9)15-11(14-10)7-2-3-8-13/h4-6,11H,2-3,7-8,13H2,1H3. The molecular weight excluding hydrogens is 190 g/mol. The Kier molecular flexibility index (Phi) is 3.11. The van der Waals surface area contributed by atoms with Crippen molar-refractivity contribution in [3.8, 4) is 11.5 Å². The minimum absolute atomic E-state index is 0.118. The number of rotatable bonds is 4. The summed E-state index contributed by atoms with van der Waals surface area (Å²) in [5, 5.41) is 0. The first-order valence-corrected chi connectivity index (χ1v) is 5.44. The highest BCUT2D eigenvalue weighted by molar-refractivity contribution is 5.47. The molecule has 1 aliphatic rings. The Hall–Kier alpha value is -1.22. The van der Waals surface area contributed by atoms with Gasteiger partial charge in [-0.05, 0) is 37.9 Å². The maximum atomic E-state index is 5.72. The Bertz CT molecular complexity index is 338. The van der Waals surface area contributed by atoms with Crippen molar-refractivity contribution in [2.24, 2.45) is 5.73 Å². The van der Waals surface area contributed by atoms with Crippen molar-refractivity contribution in [3.05, 3.63) is 23.8 Å². The SMILES string of the molecule is Cc1cccc2c1OC(CCCCN)O2. The highest BCUT2D eigenvalue weighted by Gasteiger charge is 2.24. The highest BCUT2D eigenvalue weighted by atomic mass is 16.7. The van der Waals surface area contributed by atoms with Crippen molar-refractivity contribution in [2.45, 2.75) is 32.5 Å². The van der Waals surface area contributed by atoms with E-state index in [4.69, 9.17) is 15.2 Å². The number of unbranched alkanes of at least 4 members (excludes halogenated alkanes) is 1. The van der Waals surface area contributed by atoms with Crippen LogP contribution in [0.25, 0.3) is 0 Å². The molecule has 0 saturated carbocycles.